The molecule has 0 saturated heterocycles. The average Bonchev–Trinajstić information content (AvgIpc) is 2.60. The van der Waals surface area contributed by atoms with E-state index in [2.05, 4.69) is 28.5 Å². The maximum Gasteiger partial charge on any atom is 0.126 e. The molecule has 128 valence electrons. The van der Waals surface area contributed by atoms with Crippen LogP contribution in [0.3, 0.4) is 0 Å². The summed E-state index contributed by atoms with van der Waals surface area (Å²) in [6.07, 6.45) is 0. The van der Waals surface area contributed by atoms with Crippen molar-refractivity contribution in [2.45, 2.75) is 32.9 Å². The molecule has 0 unspecified atom stereocenters. The number of nitrogens with zero attached hydrogens (tertiary/aromatic N) is 1. The van der Waals surface area contributed by atoms with Gasteiger partial charge in [-0.25, -0.2) is 4.98 Å². The Balaban J connectivity index is 1.69. The molecular formula is C22H24N2O. The second-order valence-corrected chi connectivity index (χ2v) is 6.80. The third-order valence-electron chi connectivity index (χ3n) is 4.30. The van der Waals surface area contributed by atoms with Crippen molar-refractivity contribution in [2.24, 2.45) is 0 Å². The summed E-state index contributed by atoms with van der Waals surface area (Å²) in [6.45, 7) is 6.32. The van der Waals surface area contributed by atoms with Crippen molar-refractivity contribution in [1.29, 1.82) is 0 Å². The Morgan fingerprint density at radius 1 is 0.920 bits per heavy atom. The summed E-state index contributed by atoms with van der Waals surface area (Å²) in [5.74, 6) is 0.865. The van der Waals surface area contributed by atoms with E-state index in [-0.39, 0.29) is 0 Å². The quantitative estimate of drug-likeness (QED) is 0.699. The fourth-order valence-electron chi connectivity index (χ4n) is 2.81. The predicted octanol–water partition coefficient (Wildman–Crippen LogP) is 4.90. The molecule has 0 amide bonds. The predicted molar refractivity (Wildman–Crippen MR) is 103 cm³/mol. The van der Waals surface area contributed by atoms with Gasteiger partial charge in [0.2, 0.25) is 0 Å². The van der Waals surface area contributed by atoms with E-state index in [1.807, 2.05) is 55.5 Å². The van der Waals surface area contributed by atoms with Crippen LogP contribution in [-0.2, 0) is 12.1 Å². The first-order chi connectivity index (χ1) is 11.9. The number of rotatable bonds is 5. The Labute approximate surface area is 149 Å². The summed E-state index contributed by atoms with van der Waals surface area (Å²) in [5, 5.41) is 13.4. The highest BCUT2D eigenvalue weighted by Gasteiger charge is 2.15. The smallest absolute Gasteiger partial charge is 0.126 e. The zero-order chi connectivity index (χ0) is 17.9. The molecule has 0 spiro atoms. The lowest BCUT2D eigenvalue weighted by molar-refractivity contribution is 0.0786. The summed E-state index contributed by atoms with van der Waals surface area (Å²) < 4.78 is 0. The number of hydrogen-bond acceptors (Lipinski definition) is 3. The number of nitrogens with one attached hydrogen (secondary N) is 1. The zero-order valence-electron chi connectivity index (χ0n) is 15.0. The van der Waals surface area contributed by atoms with Gasteiger partial charge in [-0.2, -0.15) is 0 Å². The van der Waals surface area contributed by atoms with Crippen molar-refractivity contribution < 1.29 is 5.11 Å². The van der Waals surface area contributed by atoms with Gasteiger partial charge in [-0.3, -0.25) is 0 Å². The van der Waals surface area contributed by atoms with E-state index in [0.29, 0.717) is 6.54 Å². The lowest BCUT2D eigenvalue weighted by Crippen LogP contribution is -2.15. The molecule has 0 aliphatic heterocycles. The molecule has 2 N–H and O–H groups in total. The Hall–Kier alpha value is -2.65. The van der Waals surface area contributed by atoms with E-state index in [4.69, 9.17) is 0 Å². The Kier molecular flexibility index (Phi) is 4.86. The average molecular weight is 332 g/mol. The van der Waals surface area contributed by atoms with E-state index >= 15 is 0 Å². The number of aryl methyl sites for hydroxylation is 1. The van der Waals surface area contributed by atoms with Crippen LogP contribution < -0.4 is 5.32 Å². The van der Waals surface area contributed by atoms with Crippen LogP contribution in [0.15, 0.2) is 66.7 Å². The van der Waals surface area contributed by atoms with Gasteiger partial charge >= 0.3 is 0 Å². The van der Waals surface area contributed by atoms with Crippen LogP contribution in [-0.4, -0.2) is 10.1 Å². The van der Waals surface area contributed by atoms with E-state index in [0.717, 1.165) is 28.2 Å². The molecule has 3 heteroatoms. The van der Waals surface area contributed by atoms with Crippen LogP contribution in [0.5, 0.6) is 0 Å². The molecule has 0 radical (unpaired) electrons. The summed E-state index contributed by atoms with van der Waals surface area (Å²) in [6, 6.07) is 22.4. The Morgan fingerprint density at radius 2 is 1.60 bits per heavy atom. The maximum atomic E-state index is 10.0. The lowest BCUT2D eigenvalue weighted by Gasteiger charge is -2.18. The van der Waals surface area contributed by atoms with Crippen LogP contribution in [0.4, 0.5) is 5.82 Å². The van der Waals surface area contributed by atoms with Crippen LogP contribution in [0.25, 0.3) is 11.1 Å². The molecule has 0 aliphatic rings. The van der Waals surface area contributed by atoms with Gasteiger partial charge in [-0.1, -0.05) is 54.6 Å². The molecule has 2 aromatic carbocycles. The number of hydrogen-bond donors (Lipinski definition) is 2. The van der Waals surface area contributed by atoms with Gasteiger partial charge in [-0.15, -0.1) is 0 Å². The van der Waals surface area contributed by atoms with Crippen LogP contribution in [0.1, 0.15) is 30.7 Å². The Morgan fingerprint density at radius 3 is 2.20 bits per heavy atom. The normalized spacial score (nSPS) is 11.4. The van der Waals surface area contributed by atoms with Crippen molar-refractivity contribution in [1.82, 2.24) is 4.98 Å². The number of benzene rings is 2. The molecule has 0 atom stereocenters. The second kappa shape index (κ2) is 7.08. The number of anilines is 1. The minimum absolute atomic E-state index is 0.698. The maximum absolute atomic E-state index is 10.0. The van der Waals surface area contributed by atoms with E-state index in [1.54, 1.807) is 13.8 Å². The molecule has 3 rings (SSSR count). The number of aromatic nitrogens is 1. The molecule has 0 bridgehead atoms. The minimum Gasteiger partial charge on any atom is -0.386 e. The third-order valence-corrected chi connectivity index (χ3v) is 4.30. The monoisotopic (exact) mass is 332 g/mol. The summed E-state index contributed by atoms with van der Waals surface area (Å²) >= 11 is 0. The highest BCUT2D eigenvalue weighted by Crippen LogP contribution is 2.24. The molecule has 0 saturated carbocycles. The molecule has 25 heavy (non-hydrogen) atoms. The number of pyridine rings is 1. The van der Waals surface area contributed by atoms with Gasteiger partial charge in [0.15, 0.2) is 0 Å². The van der Waals surface area contributed by atoms with Crippen LogP contribution >= 0.6 is 0 Å². The molecular weight excluding hydrogens is 308 g/mol. The van der Waals surface area contributed by atoms with Gasteiger partial charge in [0, 0.05) is 17.8 Å². The Bertz CT molecular complexity index is 834. The molecule has 3 nitrogen and oxygen atoms in total. The topological polar surface area (TPSA) is 45.2 Å². The lowest BCUT2D eigenvalue weighted by atomic mass is 9.97. The SMILES string of the molecule is Cc1nc(NCc2ccc(C(C)(C)O)cc2)ccc1-c1ccccc1. The molecule has 1 aromatic heterocycles. The van der Waals surface area contributed by atoms with Crippen LogP contribution in [0.2, 0.25) is 0 Å². The summed E-state index contributed by atoms with van der Waals surface area (Å²) in [4.78, 5) is 4.67. The van der Waals surface area contributed by atoms with Crippen molar-refractivity contribution in [2.75, 3.05) is 5.32 Å². The van der Waals surface area contributed by atoms with Gasteiger partial charge in [0.05, 0.1) is 5.60 Å². The largest absolute Gasteiger partial charge is 0.386 e. The summed E-state index contributed by atoms with van der Waals surface area (Å²) in [7, 11) is 0. The van der Waals surface area contributed by atoms with Crippen molar-refractivity contribution in [3.8, 4) is 11.1 Å². The molecule has 0 fully saturated rings. The highest BCUT2D eigenvalue weighted by atomic mass is 16.3. The van der Waals surface area contributed by atoms with E-state index in [1.165, 1.54) is 5.56 Å². The first kappa shape index (κ1) is 17.2. The first-order valence-electron chi connectivity index (χ1n) is 8.52. The molecule has 1 heterocycles. The van der Waals surface area contributed by atoms with Gasteiger partial charge in [0.1, 0.15) is 5.82 Å². The van der Waals surface area contributed by atoms with E-state index < -0.39 is 5.60 Å². The van der Waals surface area contributed by atoms with Gasteiger partial charge < -0.3 is 10.4 Å². The minimum atomic E-state index is -0.808. The highest BCUT2D eigenvalue weighted by molar-refractivity contribution is 5.67. The third kappa shape index (κ3) is 4.25. The summed E-state index contributed by atoms with van der Waals surface area (Å²) in [5.41, 5.74) is 4.60. The second-order valence-electron chi connectivity index (χ2n) is 6.80. The first-order valence-corrected chi connectivity index (χ1v) is 8.52. The fourth-order valence-corrected chi connectivity index (χ4v) is 2.81. The van der Waals surface area contributed by atoms with Crippen LogP contribution in [0, 0.1) is 6.92 Å². The van der Waals surface area contributed by atoms with Crippen molar-refractivity contribution >= 4 is 5.82 Å². The molecule has 0 aliphatic carbocycles. The zero-order valence-corrected chi connectivity index (χ0v) is 15.0. The van der Waals surface area contributed by atoms with Gasteiger partial charge in [-0.05, 0) is 49.6 Å². The van der Waals surface area contributed by atoms with Crippen molar-refractivity contribution in [3.05, 3.63) is 83.6 Å². The standard InChI is InChI=1S/C22H24N2O/c1-16-20(18-7-5-4-6-8-18)13-14-21(24-16)23-15-17-9-11-19(12-10-17)22(2,3)25/h4-14,25H,15H2,1-3H3,(H,23,24). The van der Waals surface area contributed by atoms with Crippen molar-refractivity contribution in [3.63, 3.8) is 0 Å². The van der Waals surface area contributed by atoms with Gasteiger partial charge in [0.25, 0.3) is 0 Å². The fraction of sp³-hybridized carbons (Fsp3) is 0.227. The number of aliphatic hydroxyl groups is 1. The molecule has 3 aromatic rings. The van der Waals surface area contributed by atoms with E-state index in [9.17, 15) is 5.11 Å².